The van der Waals surface area contributed by atoms with E-state index in [1.807, 2.05) is 53.7 Å². The molecule has 0 spiro atoms. The van der Waals surface area contributed by atoms with Crippen LogP contribution in [0, 0.1) is 0 Å². The lowest BCUT2D eigenvalue weighted by molar-refractivity contribution is -0.118. The Morgan fingerprint density at radius 3 is 2.32 bits per heavy atom. The molecule has 2 heterocycles. The maximum absolute atomic E-state index is 11.1. The molecule has 0 N–H and O–H groups in total. The Balaban J connectivity index is 0.000000422. The van der Waals surface area contributed by atoms with Crippen LogP contribution in [0.5, 0.6) is 0 Å². The van der Waals surface area contributed by atoms with E-state index in [4.69, 9.17) is 9.47 Å². The standard InChI is InChI=1S/C15H19N3O2.C5H12O.C2H6/c1-11-14-13(18(10-19)17-11)8-5-9-16-15(14)20-12-6-3-2-4-7-12;1-5(2,3)6-4;1-2/h5,8-10,12-13H,2-4,6-7H2,1H3;1-4H3;1-2H3. The fraction of sp³-hybridized carbons (Fsp3) is 0.682. The van der Waals surface area contributed by atoms with Crippen LogP contribution in [0.3, 0.4) is 0 Å². The first kappa shape index (κ1) is 24.1. The van der Waals surface area contributed by atoms with Gasteiger partial charge in [-0.3, -0.25) is 4.79 Å². The van der Waals surface area contributed by atoms with Crippen molar-refractivity contribution in [1.29, 1.82) is 0 Å². The van der Waals surface area contributed by atoms with Gasteiger partial charge in [-0.2, -0.15) is 5.10 Å². The highest BCUT2D eigenvalue weighted by atomic mass is 16.5. The Kier molecular flexibility index (Phi) is 10.1. The molecule has 1 fully saturated rings. The number of ether oxygens (including phenoxy) is 2. The number of carbonyl (C=O) groups excluding carboxylic acids is 1. The van der Waals surface area contributed by atoms with E-state index in [0.717, 1.165) is 30.5 Å². The Hall–Kier alpha value is -1.95. The summed E-state index contributed by atoms with van der Waals surface area (Å²) in [5.41, 5.74) is 1.75. The van der Waals surface area contributed by atoms with Crippen LogP contribution in [0.25, 0.3) is 0 Å². The zero-order valence-electron chi connectivity index (χ0n) is 18.6. The van der Waals surface area contributed by atoms with Crippen LogP contribution in [0.1, 0.15) is 73.6 Å². The minimum Gasteiger partial charge on any atom is -0.474 e. The molecule has 1 unspecified atom stereocenters. The predicted octanol–water partition coefficient (Wildman–Crippen LogP) is 4.86. The van der Waals surface area contributed by atoms with Crippen molar-refractivity contribution in [3.8, 4) is 0 Å². The lowest BCUT2D eigenvalue weighted by Crippen LogP contribution is -2.26. The largest absolute Gasteiger partial charge is 0.474 e. The van der Waals surface area contributed by atoms with Gasteiger partial charge in [-0.05, 0) is 59.5 Å². The summed E-state index contributed by atoms with van der Waals surface area (Å²) in [6, 6.07) is -0.186. The fourth-order valence-electron chi connectivity index (χ4n) is 2.96. The van der Waals surface area contributed by atoms with Gasteiger partial charge in [0.05, 0.1) is 16.9 Å². The SMILES string of the molecule is CC.CC1=NN(C=O)C2C=CC=NC(OC3CCCCC3)=C12.COC(C)(C)C. The molecule has 0 saturated heterocycles. The molecule has 0 aromatic carbocycles. The Morgan fingerprint density at radius 2 is 1.79 bits per heavy atom. The zero-order valence-corrected chi connectivity index (χ0v) is 18.6. The van der Waals surface area contributed by atoms with Crippen LogP contribution in [-0.4, -0.2) is 48.2 Å². The summed E-state index contributed by atoms with van der Waals surface area (Å²) in [6.45, 7) is 12.0. The number of hydrazone groups is 1. The number of amides is 1. The van der Waals surface area contributed by atoms with Crippen molar-refractivity contribution in [2.24, 2.45) is 10.1 Å². The Morgan fingerprint density at radius 1 is 1.18 bits per heavy atom. The van der Waals surface area contributed by atoms with Crippen molar-refractivity contribution in [1.82, 2.24) is 5.01 Å². The van der Waals surface area contributed by atoms with Crippen molar-refractivity contribution in [3.05, 3.63) is 23.6 Å². The van der Waals surface area contributed by atoms with Crippen LogP contribution in [-0.2, 0) is 14.3 Å². The number of hydrogen-bond donors (Lipinski definition) is 0. The normalized spacial score (nSPS) is 21.6. The highest BCUT2D eigenvalue weighted by Gasteiger charge is 2.33. The van der Waals surface area contributed by atoms with E-state index < -0.39 is 0 Å². The molecule has 158 valence electrons. The van der Waals surface area contributed by atoms with Crippen molar-refractivity contribution < 1.29 is 14.3 Å². The van der Waals surface area contributed by atoms with Crippen LogP contribution >= 0.6 is 0 Å². The summed E-state index contributed by atoms with van der Waals surface area (Å²) in [6.07, 6.45) is 12.3. The third-order valence-electron chi connectivity index (χ3n) is 4.59. The first-order chi connectivity index (χ1) is 13.4. The highest BCUT2D eigenvalue weighted by molar-refractivity contribution is 6.03. The maximum atomic E-state index is 11.1. The van der Waals surface area contributed by atoms with Gasteiger partial charge < -0.3 is 9.47 Å². The number of aliphatic imine (C=N–C) groups is 1. The van der Waals surface area contributed by atoms with Crippen molar-refractivity contribution in [3.63, 3.8) is 0 Å². The topological polar surface area (TPSA) is 63.5 Å². The zero-order chi connectivity index (χ0) is 21.2. The van der Waals surface area contributed by atoms with E-state index in [-0.39, 0.29) is 17.7 Å². The first-order valence-electron chi connectivity index (χ1n) is 10.3. The van der Waals surface area contributed by atoms with Crippen LogP contribution < -0.4 is 0 Å². The molecule has 0 aromatic heterocycles. The van der Waals surface area contributed by atoms with Gasteiger partial charge in [-0.25, -0.2) is 10.0 Å². The molecular weight excluding hydrogens is 354 g/mol. The van der Waals surface area contributed by atoms with E-state index in [1.54, 1.807) is 13.3 Å². The average molecular weight is 392 g/mol. The van der Waals surface area contributed by atoms with E-state index in [2.05, 4.69) is 10.1 Å². The number of nitrogens with zero attached hydrogens (tertiary/aromatic N) is 3. The number of rotatable bonds is 3. The number of methoxy groups -OCH3 is 1. The summed E-state index contributed by atoms with van der Waals surface area (Å²) >= 11 is 0. The molecule has 2 aliphatic heterocycles. The van der Waals surface area contributed by atoms with Crippen molar-refractivity contribution in [2.45, 2.75) is 91.4 Å². The van der Waals surface area contributed by atoms with Gasteiger partial charge >= 0.3 is 0 Å². The summed E-state index contributed by atoms with van der Waals surface area (Å²) < 4.78 is 11.0. The fourth-order valence-corrected chi connectivity index (χ4v) is 2.96. The number of allylic oxidation sites excluding steroid dienone is 1. The summed E-state index contributed by atoms with van der Waals surface area (Å²) in [5.74, 6) is 0.623. The number of fused-ring (bicyclic) bond motifs is 1. The molecule has 3 rings (SSSR count). The van der Waals surface area contributed by atoms with Gasteiger partial charge in [-0.1, -0.05) is 26.3 Å². The van der Waals surface area contributed by atoms with Crippen molar-refractivity contribution >= 4 is 18.3 Å². The predicted molar refractivity (Wildman–Crippen MR) is 116 cm³/mol. The van der Waals surface area contributed by atoms with Gasteiger partial charge in [0, 0.05) is 13.3 Å². The van der Waals surface area contributed by atoms with E-state index in [1.165, 1.54) is 24.3 Å². The second-order valence-electron chi connectivity index (χ2n) is 7.69. The molecule has 0 bridgehead atoms. The van der Waals surface area contributed by atoms with E-state index in [9.17, 15) is 4.79 Å². The van der Waals surface area contributed by atoms with Gasteiger partial charge in [0.15, 0.2) is 0 Å². The highest BCUT2D eigenvalue weighted by Crippen LogP contribution is 2.30. The average Bonchev–Trinajstić information content (AvgIpc) is 2.87. The van der Waals surface area contributed by atoms with Crippen molar-refractivity contribution in [2.75, 3.05) is 7.11 Å². The molecular formula is C22H37N3O3. The summed E-state index contributed by atoms with van der Waals surface area (Å²) in [4.78, 5) is 15.5. The van der Waals surface area contributed by atoms with Gasteiger partial charge in [-0.15, -0.1) is 0 Å². The lowest BCUT2D eigenvalue weighted by atomic mass is 9.97. The van der Waals surface area contributed by atoms with Gasteiger partial charge in [0.2, 0.25) is 12.3 Å². The number of carbonyl (C=O) groups is 1. The molecule has 6 nitrogen and oxygen atoms in total. The minimum absolute atomic E-state index is 0.0417. The molecule has 1 saturated carbocycles. The molecule has 1 aliphatic carbocycles. The molecule has 1 atom stereocenters. The van der Waals surface area contributed by atoms with E-state index in [0.29, 0.717) is 5.88 Å². The maximum Gasteiger partial charge on any atom is 0.230 e. The quantitative estimate of drug-likeness (QED) is 0.645. The van der Waals surface area contributed by atoms with Gasteiger partial charge in [0.25, 0.3) is 0 Å². The monoisotopic (exact) mass is 391 g/mol. The Labute approximate surface area is 170 Å². The third-order valence-corrected chi connectivity index (χ3v) is 4.59. The molecule has 0 aromatic rings. The van der Waals surface area contributed by atoms with Crippen LogP contribution in [0.2, 0.25) is 0 Å². The molecule has 0 radical (unpaired) electrons. The summed E-state index contributed by atoms with van der Waals surface area (Å²) in [5, 5.41) is 5.67. The second kappa shape index (κ2) is 11.8. The Bertz CT molecular complexity index is 609. The van der Waals surface area contributed by atoms with E-state index >= 15 is 0 Å². The molecule has 1 amide bonds. The number of hydrogen-bond acceptors (Lipinski definition) is 5. The minimum atomic E-state index is -0.186. The second-order valence-corrected chi connectivity index (χ2v) is 7.69. The molecule has 3 aliphatic rings. The van der Waals surface area contributed by atoms with Crippen LogP contribution in [0.15, 0.2) is 33.7 Å². The molecule has 28 heavy (non-hydrogen) atoms. The van der Waals surface area contributed by atoms with Gasteiger partial charge in [0.1, 0.15) is 12.1 Å². The third kappa shape index (κ3) is 7.23. The summed E-state index contributed by atoms with van der Waals surface area (Å²) in [7, 11) is 1.71. The first-order valence-corrected chi connectivity index (χ1v) is 10.3. The lowest BCUT2D eigenvalue weighted by Gasteiger charge is -2.24. The van der Waals surface area contributed by atoms with Crippen LogP contribution in [0.4, 0.5) is 0 Å². The smallest absolute Gasteiger partial charge is 0.230 e. The molecule has 6 heteroatoms.